The molecule has 1 amide bonds. The third kappa shape index (κ3) is 5.56. The number of nitrogens with one attached hydrogen (secondary N) is 1. The van der Waals surface area contributed by atoms with Crippen molar-refractivity contribution < 1.29 is 14.3 Å². The predicted octanol–water partition coefficient (Wildman–Crippen LogP) is 4.67. The number of ether oxygens (including phenoxy) is 2. The zero-order valence-electron chi connectivity index (χ0n) is 22.2. The maximum absolute atomic E-state index is 13.8. The van der Waals surface area contributed by atoms with Crippen LogP contribution in [0.4, 0.5) is 5.69 Å². The van der Waals surface area contributed by atoms with Gasteiger partial charge in [0.1, 0.15) is 11.5 Å². The van der Waals surface area contributed by atoms with E-state index in [2.05, 4.69) is 5.32 Å². The Morgan fingerprint density at radius 1 is 1.00 bits per heavy atom. The Balaban J connectivity index is 1.61. The summed E-state index contributed by atoms with van der Waals surface area (Å²) in [5, 5.41) is 2.97. The number of hydrogen-bond acceptors (Lipinski definition) is 6. The number of benzene rings is 3. The van der Waals surface area contributed by atoms with Crippen LogP contribution in [-0.4, -0.2) is 23.7 Å². The molecule has 0 spiro atoms. The van der Waals surface area contributed by atoms with Crippen LogP contribution in [0.3, 0.4) is 0 Å². The van der Waals surface area contributed by atoms with Crippen molar-refractivity contribution in [2.45, 2.75) is 32.9 Å². The molecule has 1 aromatic heterocycles. The number of carbonyl (C=O) groups excluding carboxylic acids is 1. The molecule has 39 heavy (non-hydrogen) atoms. The second kappa shape index (κ2) is 11.1. The smallest absolute Gasteiger partial charge is 0.271 e. The quantitative estimate of drug-likeness (QED) is 0.370. The SMILES string of the molecule is COc1ccc([C@@H]2C(C(=O)Nc3ccccc3)=C(C)N=c3s/c(=C\c4ccc(OC(C)C)cc4)c(=O)n32)cc1. The Bertz CT molecular complexity index is 1700. The molecule has 198 valence electrons. The molecule has 0 saturated carbocycles. The molecule has 1 aliphatic heterocycles. The average Bonchev–Trinajstić information content (AvgIpc) is 3.23. The molecule has 0 unspecified atom stereocenters. The summed E-state index contributed by atoms with van der Waals surface area (Å²) in [5.74, 6) is 1.15. The highest BCUT2D eigenvalue weighted by molar-refractivity contribution is 7.07. The molecule has 0 aliphatic carbocycles. The summed E-state index contributed by atoms with van der Waals surface area (Å²) < 4.78 is 13.2. The minimum atomic E-state index is -0.653. The fraction of sp³-hybridized carbons (Fsp3) is 0.194. The third-order valence-electron chi connectivity index (χ3n) is 6.28. The number of aromatic nitrogens is 1. The summed E-state index contributed by atoms with van der Waals surface area (Å²) in [6.45, 7) is 5.76. The molecular weight excluding hydrogens is 510 g/mol. The highest BCUT2D eigenvalue weighted by atomic mass is 32.1. The number of anilines is 1. The lowest BCUT2D eigenvalue weighted by Crippen LogP contribution is -2.40. The topological polar surface area (TPSA) is 81.9 Å². The van der Waals surface area contributed by atoms with Gasteiger partial charge in [-0.05, 0) is 74.4 Å². The molecule has 5 rings (SSSR count). The van der Waals surface area contributed by atoms with Crippen molar-refractivity contribution in [1.29, 1.82) is 0 Å². The van der Waals surface area contributed by atoms with E-state index < -0.39 is 6.04 Å². The molecule has 2 heterocycles. The molecule has 0 saturated heterocycles. The number of methoxy groups -OCH3 is 1. The number of carbonyl (C=O) groups is 1. The first-order valence-corrected chi connectivity index (χ1v) is 13.5. The Hall–Kier alpha value is -4.43. The monoisotopic (exact) mass is 539 g/mol. The van der Waals surface area contributed by atoms with Gasteiger partial charge in [-0.25, -0.2) is 4.99 Å². The lowest BCUT2D eigenvalue weighted by molar-refractivity contribution is -0.113. The van der Waals surface area contributed by atoms with E-state index in [0.717, 1.165) is 16.9 Å². The molecule has 4 aromatic rings. The molecule has 3 aromatic carbocycles. The predicted molar refractivity (Wildman–Crippen MR) is 154 cm³/mol. The Morgan fingerprint density at radius 2 is 1.67 bits per heavy atom. The molecule has 7 nitrogen and oxygen atoms in total. The Kier molecular flexibility index (Phi) is 7.47. The first-order valence-electron chi connectivity index (χ1n) is 12.6. The minimum Gasteiger partial charge on any atom is -0.497 e. The maximum Gasteiger partial charge on any atom is 0.271 e. The molecular formula is C31H29N3O4S. The lowest BCUT2D eigenvalue weighted by Gasteiger charge is -2.25. The van der Waals surface area contributed by atoms with Gasteiger partial charge in [0.25, 0.3) is 11.5 Å². The van der Waals surface area contributed by atoms with Crippen LogP contribution in [0.25, 0.3) is 6.08 Å². The van der Waals surface area contributed by atoms with Gasteiger partial charge in [0.05, 0.1) is 35.1 Å². The zero-order chi connectivity index (χ0) is 27.5. The summed E-state index contributed by atoms with van der Waals surface area (Å²) in [6, 6.07) is 23.6. The van der Waals surface area contributed by atoms with E-state index in [4.69, 9.17) is 14.5 Å². The van der Waals surface area contributed by atoms with Gasteiger partial charge < -0.3 is 14.8 Å². The number of fused-ring (bicyclic) bond motifs is 1. The van der Waals surface area contributed by atoms with Crippen LogP contribution in [0.1, 0.15) is 37.9 Å². The van der Waals surface area contributed by atoms with Gasteiger partial charge in [0, 0.05) is 5.69 Å². The summed E-state index contributed by atoms with van der Waals surface area (Å²) in [5.41, 5.74) is 3.09. The third-order valence-corrected chi connectivity index (χ3v) is 7.26. The highest BCUT2D eigenvalue weighted by Crippen LogP contribution is 2.31. The zero-order valence-corrected chi connectivity index (χ0v) is 23.0. The van der Waals surface area contributed by atoms with E-state index in [9.17, 15) is 9.59 Å². The van der Waals surface area contributed by atoms with Crippen LogP contribution >= 0.6 is 11.3 Å². The standard InChI is InChI=1S/C31H29N3O4S/c1-19(2)38-25-14-10-21(11-15-25)18-26-30(36)34-28(22-12-16-24(37-4)17-13-22)27(20(3)32-31(34)39-26)29(35)33-23-8-6-5-7-9-23/h5-19,28H,1-4H3,(H,33,35)/b26-18-/t28-/m1/s1. The summed E-state index contributed by atoms with van der Waals surface area (Å²) in [7, 11) is 1.60. The van der Waals surface area contributed by atoms with Crippen LogP contribution in [-0.2, 0) is 4.79 Å². The number of hydrogen-bond donors (Lipinski definition) is 1. The average molecular weight is 540 g/mol. The molecule has 0 bridgehead atoms. The van der Waals surface area contributed by atoms with Crippen molar-refractivity contribution in [2.75, 3.05) is 12.4 Å². The number of thiazole rings is 1. The van der Waals surface area contributed by atoms with Crippen molar-refractivity contribution in [2.24, 2.45) is 4.99 Å². The van der Waals surface area contributed by atoms with Crippen molar-refractivity contribution in [3.05, 3.63) is 121 Å². The molecule has 1 atom stereocenters. The molecule has 1 aliphatic rings. The van der Waals surface area contributed by atoms with Crippen molar-refractivity contribution in [3.8, 4) is 11.5 Å². The van der Waals surface area contributed by atoms with E-state index in [1.54, 1.807) is 18.6 Å². The highest BCUT2D eigenvalue weighted by Gasteiger charge is 2.32. The normalized spacial score (nSPS) is 15.1. The van der Waals surface area contributed by atoms with Gasteiger partial charge in [-0.3, -0.25) is 14.2 Å². The van der Waals surface area contributed by atoms with E-state index in [1.165, 1.54) is 11.3 Å². The van der Waals surface area contributed by atoms with Crippen molar-refractivity contribution >= 4 is 29.0 Å². The number of para-hydroxylation sites is 1. The maximum atomic E-state index is 13.8. The largest absolute Gasteiger partial charge is 0.497 e. The fourth-order valence-electron chi connectivity index (χ4n) is 4.50. The second-order valence-corrected chi connectivity index (χ2v) is 10.4. The Labute approximate surface area is 230 Å². The lowest BCUT2D eigenvalue weighted by atomic mass is 9.95. The van der Waals surface area contributed by atoms with Crippen LogP contribution in [0, 0.1) is 0 Å². The minimum absolute atomic E-state index is 0.0778. The number of nitrogens with zero attached hydrogens (tertiary/aromatic N) is 2. The van der Waals surface area contributed by atoms with Gasteiger partial charge in [-0.2, -0.15) is 0 Å². The van der Waals surface area contributed by atoms with E-state index in [0.29, 0.717) is 32.0 Å². The molecule has 0 fully saturated rings. The van der Waals surface area contributed by atoms with E-state index in [-0.39, 0.29) is 17.6 Å². The summed E-state index contributed by atoms with van der Waals surface area (Å²) in [6.07, 6.45) is 1.92. The van der Waals surface area contributed by atoms with E-state index in [1.807, 2.05) is 98.8 Å². The number of rotatable bonds is 7. The number of allylic oxidation sites excluding steroid dienone is 1. The van der Waals surface area contributed by atoms with Gasteiger partial charge in [0.15, 0.2) is 4.80 Å². The van der Waals surface area contributed by atoms with Crippen LogP contribution in [0.15, 0.2) is 99.9 Å². The molecule has 8 heteroatoms. The number of amides is 1. The Morgan fingerprint density at radius 3 is 2.31 bits per heavy atom. The first kappa shape index (κ1) is 26.2. The van der Waals surface area contributed by atoms with Gasteiger partial charge in [0.2, 0.25) is 0 Å². The van der Waals surface area contributed by atoms with Crippen LogP contribution < -0.4 is 29.7 Å². The first-order chi connectivity index (χ1) is 18.8. The van der Waals surface area contributed by atoms with Gasteiger partial charge in [-0.1, -0.05) is 53.8 Å². The van der Waals surface area contributed by atoms with Gasteiger partial charge >= 0.3 is 0 Å². The second-order valence-electron chi connectivity index (χ2n) is 9.41. The van der Waals surface area contributed by atoms with Crippen LogP contribution in [0.5, 0.6) is 11.5 Å². The van der Waals surface area contributed by atoms with Crippen LogP contribution in [0.2, 0.25) is 0 Å². The van der Waals surface area contributed by atoms with Crippen molar-refractivity contribution in [1.82, 2.24) is 4.57 Å². The molecule has 0 radical (unpaired) electrons. The van der Waals surface area contributed by atoms with E-state index >= 15 is 0 Å². The van der Waals surface area contributed by atoms with Crippen molar-refractivity contribution in [3.63, 3.8) is 0 Å². The summed E-state index contributed by atoms with van der Waals surface area (Å²) in [4.78, 5) is 32.7. The molecule has 1 N–H and O–H groups in total. The summed E-state index contributed by atoms with van der Waals surface area (Å²) >= 11 is 1.31. The van der Waals surface area contributed by atoms with Gasteiger partial charge in [-0.15, -0.1) is 0 Å². The fourth-order valence-corrected chi connectivity index (χ4v) is 5.55.